The fourth-order valence-electron chi connectivity index (χ4n) is 2.51. The molecule has 23 heavy (non-hydrogen) atoms. The maximum atomic E-state index is 11.9. The molecule has 1 aliphatic carbocycles. The molecule has 0 saturated heterocycles. The summed E-state index contributed by atoms with van der Waals surface area (Å²) in [5.41, 5.74) is 6.70. The van der Waals surface area contributed by atoms with Crippen molar-refractivity contribution in [1.29, 1.82) is 0 Å². The molecule has 0 aliphatic heterocycles. The zero-order chi connectivity index (χ0) is 17.6. The number of nitrogens with two attached hydrogens (primary N) is 1. The Kier molecular flexibility index (Phi) is 8.58. The Hall–Kier alpha value is -0.0800. The Labute approximate surface area is 149 Å². The predicted molar refractivity (Wildman–Crippen MR) is 102 cm³/mol. The first-order valence-electron chi connectivity index (χ1n) is 8.32. The topological polar surface area (TPSA) is 78.6 Å². The summed E-state index contributed by atoms with van der Waals surface area (Å²) in [4.78, 5) is 2.02. The van der Waals surface area contributed by atoms with E-state index in [0.717, 1.165) is 31.4 Å². The van der Waals surface area contributed by atoms with Gasteiger partial charge in [-0.15, -0.1) is 0 Å². The Bertz CT molecular complexity index is 424. The van der Waals surface area contributed by atoms with E-state index in [1.54, 1.807) is 0 Å². The van der Waals surface area contributed by atoms with Crippen molar-refractivity contribution in [3.63, 3.8) is 0 Å². The molecule has 7 heteroatoms. The van der Waals surface area contributed by atoms with Crippen LogP contribution in [0.5, 0.6) is 0 Å². The van der Waals surface area contributed by atoms with E-state index in [9.17, 15) is 9.32 Å². The van der Waals surface area contributed by atoms with E-state index in [-0.39, 0.29) is 16.0 Å². The fraction of sp³-hybridized carbons (Fsp3) is 0.875. The molecule has 4 unspecified atom stereocenters. The molecule has 0 aromatic carbocycles. The zero-order valence-corrected chi connectivity index (χ0v) is 16.5. The summed E-state index contributed by atoms with van der Waals surface area (Å²) in [6.07, 6.45) is 5.80. The summed E-state index contributed by atoms with van der Waals surface area (Å²) in [6, 6.07) is 0.284. The van der Waals surface area contributed by atoms with Crippen LogP contribution >= 0.6 is 12.6 Å². The van der Waals surface area contributed by atoms with Crippen LogP contribution < -0.4 is 10.5 Å². The number of aliphatic hydroxyl groups excluding tert-OH is 1. The molecule has 0 aromatic heterocycles. The Morgan fingerprint density at radius 1 is 1.52 bits per heavy atom. The van der Waals surface area contributed by atoms with Gasteiger partial charge in [-0.3, -0.25) is 4.90 Å². The minimum atomic E-state index is -1.02. The van der Waals surface area contributed by atoms with Gasteiger partial charge in [0.1, 0.15) is 6.23 Å². The number of rotatable bonds is 8. The quantitative estimate of drug-likeness (QED) is 0.301. The van der Waals surface area contributed by atoms with Gasteiger partial charge >= 0.3 is 0 Å². The maximum absolute atomic E-state index is 11.9. The van der Waals surface area contributed by atoms with E-state index in [4.69, 9.17) is 5.73 Å². The van der Waals surface area contributed by atoms with E-state index in [1.165, 1.54) is 0 Å². The first-order chi connectivity index (χ1) is 10.6. The number of aliphatic hydroxyl groups is 1. The number of nitrogens with zero attached hydrogens (tertiary/aromatic N) is 1. The molecule has 0 amide bonds. The van der Waals surface area contributed by atoms with E-state index in [0.29, 0.717) is 13.0 Å². The van der Waals surface area contributed by atoms with E-state index >= 15 is 0 Å². The van der Waals surface area contributed by atoms with E-state index in [2.05, 4.69) is 17.4 Å². The van der Waals surface area contributed by atoms with Gasteiger partial charge in [0.2, 0.25) is 0 Å². The minimum Gasteiger partial charge on any atom is -0.401 e. The van der Waals surface area contributed by atoms with Crippen LogP contribution in [0.4, 0.5) is 0 Å². The number of thiol groups is 1. The normalized spacial score (nSPS) is 25.3. The van der Waals surface area contributed by atoms with Gasteiger partial charge in [0.15, 0.2) is 0 Å². The van der Waals surface area contributed by atoms with Crippen molar-refractivity contribution >= 4 is 23.6 Å². The summed E-state index contributed by atoms with van der Waals surface area (Å²) in [6.45, 7) is 6.57. The van der Waals surface area contributed by atoms with Gasteiger partial charge in [0.05, 0.1) is 15.7 Å². The Balaban J connectivity index is 2.24. The van der Waals surface area contributed by atoms with Crippen LogP contribution in [0.3, 0.4) is 0 Å². The number of nitrogens with one attached hydrogen (secondary N) is 1. The molecule has 0 radical (unpaired) electrons. The Morgan fingerprint density at radius 3 is 2.74 bits per heavy atom. The second kappa shape index (κ2) is 9.42. The lowest BCUT2D eigenvalue weighted by Gasteiger charge is -2.35. The smallest absolute Gasteiger partial charge is 0.107 e. The van der Waals surface area contributed by atoms with Crippen LogP contribution in [-0.2, 0) is 11.0 Å². The second-order valence-electron chi connectivity index (χ2n) is 7.26. The first kappa shape index (κ1) is 21.0. The molecule has 4 N–H and O–H groups in total. The van der Waals surface area contributed by atoms with Crippen molar-refractivity contribution in [1.82, 2.24) is 9.62 Å². The lowest BCUT2D eigenvalue weighted by atomic mass is 9.97. The number of hydrogen-bond donors (Lipinski definition) is 4. The van der Waals surface area contributed by atoms with Crippen molar-refractivity contribution in [3.05, 3.63) is 11.8 Å². The molecule has 0 saturated carbocycles. The second-order valence-corrected chi connectivity index (χ2v) is 9.94. The average molecular weight is 364 g/mol. The van der Waals surface area contributed by atoms with Gasteiger partial charge in [-0.05, 0) is 59.9 Å². The van der Waals surface area contributed by atoms with Crippen LogP contribution in [0.25, 0.3) is 0 Å². The third-order valence-electron chi connectivity index (χ3n) is 4.23. The molecular formula is C16H33N3O2S2. The summed E-state index contributed by atoms with van der Waals surface area (Å²) in [7, 11) is 0.935. The van der Waals surface area contributed by atoms with Crippen LogP contribution in [0.2, 0.25) is 0 Å². The molecule has 0 fully saturated rings. The largest absolute Gasteiger partial charge is 0.401 e. The molecule has 1 aliphatic rings. The highest BCUT2D eigenvalue weighted by Crippen LogP contribution is 2.25. The third kappa shape index (κ3) is 7.13. The molecule has 136 valence electrons. The summed E-state index contributed by atoms with van der Waals surface area (Å²) >= 11 is 4.48. The summed E-state index contributed by atoms with van der Waals surface area (Å²) < 4.78 is 14.7. The van der Waals surface area contributed by atoms with Crippen molar-refractivity contribution in [3.8, 4) is 0 Å². The Morgan fingerprint density at radius 2 is 2.17 bits per heavy atom. The monoisotopic (exact) mass is 363 g/mol. The summed E-state index contributed by atoms with van der Waals surface area (Å²) in [5.74, 6) is 0. The van der Waals surface area contributed by atoms with Crippen molar-refractivity contribution in [2.24, 2.45) is 5.73 Å². The highest BCUT2D eigenvalue weighted by molar-refractivity contribution is 7.84. The average Bonchev–Trinajstić information content (AvgIpc) is 2.47. The predicted octanol–water partition coefficient (Wildman–Crippen LogP) is 1.76. The standard InChI is InChI=1S/C16H33N3O2S2/c1-16(2,3)23(21)18-10-6-5-7-15(20)19(4)12-8-9-13(17)14(22)11-12/h9,12,14-15,18,20,22H,5-8,10-11,17H2,1-4H3. The third-order valence-corrected chi connectivity index (χ3v) is 6.32. The van der Waals surface area contributed by atoms with Gasteiger partial charge in [-0.2, -0.15) is 12.6 Å². The van der Waals surface area contributed by atoms with Gasteiger partial charge in [0, 0.05) is 23.5 Å². The van der Waals surface area contributed by atoms with Crippen molar-refractivity contribution in [2.45, 2.75) is 75.1 Å². The number of unbranched alkanes of at least 4 members (excludes halogenated alkanes) is 1. The fourth-order valence-corrected chi connectivity index (χ4v) is 3.62. The zero-order valence-electron chi connectivity index (χ0n) is 14.8. The molecule has 0 heterocycles. The van der Waals surface area contributed by atoms with Crippen LogP contribution in [0, 0.1) is 0 Å². The van der Waals surface area contributed by atoms with E-state index < -0.39 is 17.2 Å². The minimum absolute atomic E-state index is 0.0833. The molecule has 5 nitrogen and oxygen atoms in total. The summed E-state index contributed by atoms with van der Waals surface area (Å²) in [5, 5.41) is 10.4. The first-order valence-corrected chi connectivity index (χ1v) is 9.98. The van der Waals surface area contributed by atoms with Gasteiger partial charge in [-0.25, -0.2) is 8.93 Å². The van der Waals surface area contributed by atoms with E-state index in [1.807, 2.05) is 38.8 Å². The van der Waals surface area contributed by atoms with Gasteiger partial charge < -0.3 is 10.8 Å². The molecule has 4 atom stereocenters. The lowest BCUT2D eigenvalue weighted by molar-refractivity contribution is -0.0152. The van der Waals surface area contributed by atoms with Gasteiger partial charge in [0.25, 0.3) is 0 Å². The lowest BCUT2D eigenvalue weighted by Crippen LogP contribution is -2.43. The van der Waals surface area contributed by atoms with Crippen molar-refractivity contribution < 1.29 is 9.32 Å². The molecule has 0 spiro atoms. The van der Waals surface area contributed by atoms with Crippen molar-refractivity contribution in [2.75, 3.05) is 13.6 Å². The highest BCUT2D eigenvalue weighted by Gasteiger charge is 2.26. The van der Waals surface area contributed by atoms with Crippen LogP contribution in [-0.4, -0.2) is 50.1 Å². The van der Waals surface area contributed by atoms with Crippen LogP contribution in [0.1, 0.15) is 52.9 Å². The molecule has 0 aromatic rings. The molecule has 1 rings (SSSR count). The molecule has 0 bridgehead atoms. The highest BCUT2D eigenvalue weighted by atomic mass is 32.2. The van der Waals surface area contributed by atoms with Crippen LogP contribution in [0.15, 0.2) is 11.8 Å². The number of hydrogen-bond acceptors (Lipinski definition) is 5. The maximum Gasteiger partial charge on any atom is 0.107 e. The van der Waals surface area contributed by atoms with Gasteiger partial charge in [-0.1, -0.05) is 6.08 Å². The SMILES string of the molecule is CN(C(O)CCCCNS(=O)C(C)(C)C)C1CC=C(N)C(S)C1. The molecular weight excluding hydrogens is 330 g/mol.